The number of aryl methyl sites for hydroxylation is 1. The number of aromatic nitrogens is 2. The van der Waals surface area contributed by atoms with Gasteiger partial charge in [-0.1, -0.05) is 15.9 Å². The van der Waals surface area contributed by atoms with E-state index in [0.29, 0.717) is 6.54 Å². The minimum atomic E-state index is -0.208. The summed E-state index contributed by atoms with van der Waals surface area (Å²) in [6, 6.07) is 4.72. The van der Waals surface area contributed by atoms with Gasteiger partial charge in [0.1, 0.15) is 11.6 Å². The van der Waals surface area contributed by atoms with Crippen LogP contribution in [0.5, 0.6) is 0 Å². The highest BCUT2D eigenvalue weighted by Crippen LogP contribution is 2.17. The molecule has 1 N–H and O–H groups in total. The summed E-state index contributed by atoms with van der Waals surface area (Å²) in [7, 11) is 0. The van der Waals surface area contributed by atoms with Crippen molar-refractivity contribution in [2.45, 2.75) is 20.0 Å². The van der Waals surface area contributed by atoms with Gasteiger partial charge in [-0.3, -0.25) is 0 Å². The SMILES string of the molecule is Cc1nccn1CCNCc1cc(F)ccc1Br. The van der Waals surface area contributed by atoms with Crippen LogP contribution in [0.2, 0.25) is 0 Å². The Labute approximate surface area is 114 Å². The maximum absolute atomic E-state index is 13.1. The largest absolute Gasteiger partial charge is 0.334 e. The monoisotopic (exact) mass is 311 g/mol. The lowest BCUT2D eigenvalue weighted by molar-refractivity contribution is 0.582. The average molecular weight is 312 g/mol. The number of nitrogens with zero attached hydrogens (tertiary/aromatic N) is 2. The van der Waals surface area contributed by atoms with Crippen molar-refractivity contribution in [1.82, 2.24) is 14.9 Å². The molecule has 96 valence electrons. The van der Waals surface area contributed by atoms with E-state index in [4.69, 9.17) is 0 Å². The number of rotatable bonds is 5. The number of hydrogen-bond donors (Lipinski definition) is 1. The predicted octanol–water partition coefficient (Wildman–Crippen LogP) is 2.88. The standard InChI is InChI=1S/C13H15BrFN3/c1-10-17-5-7-18(10)6-4-16-9-11-8-12(15)2-3-13(11)14/h2-3,5,7-8,16H,4,6,9H2,1H3. The summed E-state index contributed by atoms with van der Waals surface area (Å²) in [5, 5.41) is 3.29. The summed E-state index contributed by atoms with van der Waals surface area (Å²) in [6.45, 7) is 4.30. The van der Waals surface area contributed by atoms with Crippen LogP contribution in [0.3, 0.4) is 0 Å². The van der Waals surface area contributed by atoms with Crippen LogP contribution in [-0.2, 0) is 13.1 Å². The smallest absolute Gasteiger partial charge is 0.123 e. The van der Waals surface area contributed by atoms with Gasteiger partial charge in [0.2, 0.25) is 0 Å². The molecule has 2 rings (SSSR count). The lowest BCUT2D eigenvalue weighted by Crippen LogP contribution is -2.20. The molecular weight excluding hydrogens is 297 g/mol. The van der Waals surface area contributed by atoms with Gasteiger partial charge >= 0.3 is 0 Å². The van der Waals surface area contributed by atoms with Crippen LogP contribution in [0.1, 0.15) is 11.4 Å². The van der Waals surface area contributed by atoms with Crippen LogP contribution in [-0.4, -0.2) is 16.1 Å². The van der Waals surface area contributed by atoms with Gasteiger partial charge in [-0.15, -0.1) is 0 Å². The molecule has 0 bridgehead atoms. The zero-order chi connectivity index (χ0) is 13.0. The Bertz CT molecular complexity index is 525. The first kappa shape index (κ1) is 13.2. The Kier molecular flexibility index (Phi) is 4.49. The molecule has 5 heteroatoms. The van der Waals surface area contributed by atoms with E-state index in [9.17, 15) is 4.39 Å². The van der Waals surface area contributed by atoms with Gasteiger partial charge in [-0.2, -0.15) is 0 Å². The van der Waals surface area contributed by atoms with Gasteiger partial charge in [0.25, 0.3) is 0 Å². The van der Waals surface area contributed by atoms with Gasteiger partial charge in [-0.25, -0.2) is 9.37 Å². The highest BCUT2D eigenvalue weighted by molar-refractivity contribution is 9.10. The molecule has 2 aromatic rings. The van der Waals surface area contributed by atoms with Crippen LogP contribution in [0.4, 0.5) is 4.39 Å². The van der Waals surface area contributed by atoms with E-state index in [1.807, 2.05) is 13.1 Å². The zero-order valence-electron chi connectivity index (χ0n) is 10.2. The normalized spacial score (nSPS) is 10.8. The van der Waals surface area contributed by atoms with E-state index in [2.05, 4.69) is 30.8 Å². The van der Waals surface area contributed by atoms with Crippen molar-refractivity contribution in [2.75, 3.05) is 6.54 Å². The molecule has 1 heterocycles. The third-order valence-corrected chi connectivity index (χ3v) is 3.55. The fraction of sp³-hybridized carbons (Fsp3) is 0.308. The quantitative estimate of drug-likeness (QED) is 0.861. The van der Waals surface area contributed by atoms with E-state index in [1.54, 1.807) is 18.3 Å². The summed E-state index contributed by atoms with van der Waals surface area (Å²) in [6.07, 6.45) is 3.74. The summed E-state index contributed by atoms with van der Waals surface area (Å²) in [4.78, 5) is 4.16. The van der Waals surface area contributed by atoms with Crippen molar-refractivity contribution in [3.8, 4) is 0 Å². The Morgan fingerprint density at radius 1 is 1.44 bits per heavy atom. The van der Waals surface area contributed by atoms with E-state index >= 15 is 0 Å². The molecule has 0 amide bonds. The molecule has 0 saturated carbocycles. The van der Waals surface area contributed by atoms with Gasteiger partial charge in [0.15, 0.2) is 0 Å². The van der Waals surface area contributed by atoms with Crippen LogP contribution in [0, 0.1) is 12.7 Å². The Morgan fingerprint density at radius 3 is 3.00 bits per heavy atom. The number of halogens is 2. The van der Waals surface area contributed by atoms with Gasteiger partial charge in [0.05, 0.1) is 0 Å². The Balaban J connectivity index is 1.82. The highest BCUT2D eigenvalue weighted by atomic mass is 79.9. The summed E-state index contributed by atoms with van der Waals surface area (Å²) >= 11 is 3.41. The minimum absolute atomic E-state index is 0.208. The lowest BCUT2D eigenvalue weighted by Gasteiger charge is -2.08. The van der Waals surface area contributed by atoms with Gasteiger partial charge < -0.3 is 9.88 Å². The first-order chi connectivity index (χ1) is 8.66. The van der Waals surface area contributed by atoms with Crippen molar-refractivity contribution in [1.29, 1.82) is 0 Å². The van der Waals surface area contributed by atoms with Crippen molar-refractivity contribution in [2.24, 2.45) is 0 Å². The third-order valence-electron chi connectivity index (χ3n) is 2.78. The van der Waals surface area contributed by atoms with Crippen LogP contribution in [0.15, 0.2) is 35.1 Å². The van der Waals surface area contributed by atoms with E-state index in [1.165, 1.54) is 6.07 Å². The van der Waals surface area contributed by atoms with Crippen LogP contribution < -0.4 is 5.32 Å². The maximum Gasteiger partial charge on any atom is 0.123 e. The molecule has 18 heavy (non-hydrogen) atoms. The Hall–Kier alpha value is -1.20. The second-order valence-corrected chi connectivity index (χ2v) is 4.93. The molecule has 0 radical (unpaired) electrons. The molecular formula is C13H15BrFN3. The van der Waals surface area contributed by atoms with E-state index < -0.39 is 0 Å². The second kappa shape index (κ2) is 6.11. The molecule has 0 spiro atoms. The highest BCUT2D eigenvalue weighted by Gasteiger charge is 2.01. The fourth-order valence-corrected chi connectivity index (χ4v) is 2.13. The number of hydrogen-bond acceptors (Lipinski definition) is 2. The molecule has 1 aromatic heterocycles. The first-order valence-electron chi connectivity index (χ1n) is 5.79. The topological polar surface area (TPSA) is 29.9 Å². The molecule has 0 aliphatic rings. The number of nitrogens with one attached hydrogen (secondary N) is 1. The molecule has 0 atom stereocenters. The number of benzene rings is 1. The molecule has 0 aliphatic carbocycles. The molecule has 0 fully saturated rings. The molecule has 0 aliphatic heterocycles. The van der Waals surface area contributed by atoms with Gasteiger partial charge in [0, 0.05) is 36.5 Å². The molecule has 0 unspecified atom stereocenters. The predicted molar refractivity (Wildman–Crippen MR) is 72.8 cm³/mol. The Morgan fingerprint density at radius 2 is 2.28 bits per heavy atom. The minimum Gasteiger partial charge on any atom is -0.334 e. The van der Waals surface area contributed by atoms with E-state index in [0.717, 1.165) is 29.0 Å². The molecule has 0 saturated heterocycles. The van der Waals surface area contributed by atoms with Crippen molar-refractivity contribution in [3.05, 3.63) is 52.3 Å². The maximum atomic E-state index is 13.1. The molecule has 3 nitrogen and oxygen atoms in total. The average Bonchev–Trinajstić information content (AvgIpc) is 2.75. The van der Waals surface area contributed by atoms with Crippen LogP contribution in [0.25, 0.3) is 0 Å². The molecule has 1 aromatic carbocycles. The van der Waals surface area contributed by atoms with Crippen molar-refractivity contribution >= 4 is 15.9 Å². The zero-order valence-corrected chi connectivity index (χ0v) is 11.7. The van der Waals surface area contributed by atoms with Crippen molar-refractivity contribution in [3.63, 3.8) is 0 Å². The fourth-order valence-electron chi connectivity index (χ4n) is 1.74. The summed E-state index contributed by atoms with van der Waals surface area (Å²) < 4.78 is 16.1. The van der Waals surface area contributed by atoms with Crippen LogP contribution >= 0.6 is 15.9 Å². The third kappa shape index (κ3) is 3.40. The first-order valence-corrected chi connectivity index (χ1v) is 6.58. The lowest BCUT2D eigenvalue weighted by atomic mass is 10.2. The number of imidazole rings is 1. The summed E-state index contributed by atoms with van der Waals surface area (Å²) in [5.74, 6) is 0.796. The van der Waals surface area contributed by atoms with E-state index in [-0.39, 0.29) is 5.82 Å². The summed E-state index contributed by atoms with van der Waals surface area (Å²) in [5.41, 5.74) is 0.928. The van der Waals surface area contributed by atoms with Crippen molar-refractivity contribution < 1.29 is 4.39 Å². The second-order valence-electron chi connectivity index (χ2n) is 4.08. The van der Waals surface area contributed by atoms with Gasteiger partial charge in [-0.05, 0) is 30.7 Å².